The summed E-state index contributed by atoms with van der Waals surface area (Å²) in [5.41, 5.74) is 0.975. The lowest BCUT2D eigenvalue weighted by Crippen LogP contribution is -2.32. The number of nitrogens with one attached hydrogen (secondary N) is 2. The van der Waals surface area contributed by atoms with E-state index >= 15 is 0 Å². The second kappa shape index (κ2) is 6.13. The third kappa shape index (κ3) is 3.14. The molecule has 1 aliphatic rings. The summed E-state index contributed by atoms with van der Waals surface area (Å²) in [5, 5.41) is 5.20. The molecule has 22 heavy (non-hydrogen) atoms. The first-order chi connectivity index (χ1) is 10.7. The van der Waals surface area contributed by atoms with Crippen LogP contribution in [0.4, 0.5) is 5.69 Å². The number of nitrogens with zero attached hydrogens (tertiary/aromatic N) is 1. The number of ether oxygens (including phenoxy) is 2. The van der Waals surface area contributed by atoms with Gasteiger partial charge in [-0.05, 0) is 24.3 Å². The lowest BCUT2D eigenvalue weighted by Gasteiger charge is -2.07. The molecule has 2 N–H and O–H groups in total. The Hall–Kier alpha value is -3.09. The molecule has 1 aromatic heterocycles. The molecule has 0 fully saturated rings. The second-order valence-electron chi connectivity index (χ2n) is 4.54. The molecule has 1 aromatic carbocycles. The van der Waals surface area contributed by atoms with Crippen LogP contribution in [0.1, 0.15) is 10.4 Å². The highest BCUT2D eigenvalue weighted by atomic mass is 16.7. The summed E-state index contributed by atoms with van der Waals surface area (Å²) in [5.74, 6) is 0.533. The lowest BCUT2D eigenvalue weighted by molar-refractivity contribution is -0.115. The van der Waals surface area contributed by atoms with Gasteiger partial charge in [0.25, 0.3) is 5.91 Å². The minimum absolute atomic E-state index is 0.137. The quantitative estimate of drug-likeness (QED) is 0.885. The summed E-state index contributed by atoms with van der Waals surface area (Å²) >= 11 is 0. The molecule has 0 saturated carbocycles. The third-order valence-corrected chi connectivity index (χ3v) is 2.99. The van der Waals surface area contributed by atoms with Gasteiger partial charge in [-0.3, -0.25) is 14.6 Å². The monoisotopic (exact) mass is 299 g/mol. The van der Waals surface area contributed by atoms with Gasteiger partial charge in [0.05, 0.1) is 12.1 Å². The van der Waals surface area contributed by atoms with Crippen molar-refractivity contribution in [3.8, 4) is 11.5 Å². The van der Waals surface area contributed by atoms with Gasteiger partial charge in [-0.25, -0.2) is 0 Å². The van der Waals surface area contributed by atoms with Crippen LogP contribution >= 0.6 is 0 Å². The van der Waals surface area contributed by atoms with Gasteiger partial charge in [0.15, 0.2) is 11.5 Å². The molecule has 2 heterocycles. The summed E-state index contributed by atoms with van der Waals surface area (Å²) in [6.45, 7) is 0.0378. The van der Waals surface area contributed by atoms with Crippen LogP contribution in [0.2, 0.25) is 0 Å². The molecule has 2 amide bonds. The molecule has 0 aliphatic carbocycles. The Morgan fingerprint density at radius 3 is 2.86 bits per heavy atom. The van der Waals surface area contributed by atoms with Crippen LogP contribution in [0.25, 0.3) is 0 Å². The molecule has 0 radical (unpaired) electrons. The summed E-state index contributed by atoms with van der Waals surface area (Å²) in [4.78, 5) is 27.5. The van der Waals surface area contributed by atoms with Gasteiger partial charge in [0.2, 0.25) is 12.7 Å². The van der Waals surface area contributed by atoms with Crippen molar-refractivity contribution in [2.24, 2.45) is 0 Å². The first-order valence-electron chi connectivity index (χ1n) is 6.60. The standard InChI is InChI=1S/C15H13N3O4/c19-14(8-17-15(20)10-2-1-5-16-7-10)18-11-3-4-12-13(6-11)22-9-21-12/h1-7H,8-9H2,(H,17,20)(H,18,19). The molecule has 7 nitrogen and oxygen atoms in total. The van der Waals surface area contributed by atoms with E-state index in [0.717, 1.165) is 0 Å². The van der Waals surface area contributed by atoms with E-state index in [2.05, 4.69) is 15.6 Å². The molecule has 0 unspecified atom stereocenters. The van der Waals surface area contributed by atoms with E-state index in [4.69, 9.17) is 9.47 Å². The van der Waals surface area contributed by atoms with Gasteiger partial charge >= 0.3 is 0 Å². The smallest absolute Gasteiger partial charge is 0.253 e. The normalized spacial score (nSPS) is 11.8. The highest BCUT2D eigenvalue weighted by molar-refractivity contribution is 5.99. The largest absolute Gasteiger partial charge is 0.454 e. The third-order valence-electron chi connectivity index (χ3n) is 2.99. The minimum atomic E-state index is -0.353. The molecule has 2 aromatic rings. The van der Waals surface area contributed by atoms with Crippen LogP contribution in [-0.2, 0) is 4.79 Å². The number of pyridine rings is 1. The van der Waals surface area contributed by atoms with Crippen LogP contribution in [0, 0.1) is 0 Å². The van der Waals surface area contributed by atoms with Crippen LogP contribution in [0.5, 0.6) is 11.5 Å². The molecule has 7 heteroatoms. The van der Waals surface area contributed by atoms with E-state index in [9.17, 15) is 9.59 Å². The van der Waals surface area contributed by atoms with Gasteiger partial charge < -0.3 is 20.1 Å². The van der Waals surface area contributed by atoms with Crippen LogP contribution in [0.3, 0.4) is 0 Å². The van der Waals surface area contributed by atoms with Crippen molar-refractivity contribution in [3.05, 3.63) is 48.3 Å². The summed E-state index contributed by atoms with van der Waals surface area (Å²) < 4.78 is 10.4. The Morgan fingerprint density at radius 2 is 2.05 bits per heavy atom. The Kier molecular flexibility index (Phi) is 3.86. The molecular formula is C15H13N3O4. The molecular weight excluding hydrogens is 286 g/mol. The van der Waals surface area contributed by atoms with Crippen molar-refractivity contribution in [2.45, 2.75) is 0 Å². The first kappa shape index (κ1) is 13.9. The van der Waals surface area contributed by atoms with E-state index in [1.807, 2.05) is 0 Å². The molecule has 0 spiro atoms. The van der Waals surface area contributed by atoms with Crippen molar-refractivity contribution in [1.29, 1.82) is 0 Å². The van der Waals surface area contributed by atoms with Gasteiger partial charge in [-0.1, -0.05) is 0 Å². The van der Waals surface area contributed by atoms with Crippen LogP contribution in [0.15, 0.2) is 42.7 Å². The molecule has 1 aliphatic heterocycles. The number of carbonyl (C=O) groups excluding carboxylic acids is 2. The lowest BCUT2D eigenvalue weighted by atomic mass is 10.2. The number of amides is 2. The molecule has 0 atom stereocenters. The Bertz CT molecular complexity index is 703. The number of fused-ring (bicyclic) bond motifs is 1. The fraction of sp³-hybridized carbons (Fsp3) is 0.133. The van der Waals surface area contributed by atoms with Gasteiger partial charge in [-0.15, -0.1) is 0 Å². The number of rotatable bonds is 4. The number of hydrogen-bond acceptors (Lipinski definition) is 5. The van der Waals surface area contributed by atoms with Crippen molar-refractivity contribution in [3.63, 3.8) is 0 Å². The van der Waals surface area contributed by atoms with E-state index in [1.54, 1.807) is 36.5 Å². The van der Waals surface area contributed by atoms with Crippen LogP contribution < -0.4 is 20.1 Å². The molecule has 0 saturated heterocycles. The predicted octanol–water partition coefficient (Wildman–Crippen LogP) is 1.18. The Balaban J connectivity index is 1.53. The summed E-state index contributed by atoms with van der Waals surface area (Å²) in [6.07, 6.45) is 3.01. The number of carbonyl (C=O) groups is 2. The van der Waals surface area contributed by atoms with Crippen molar-refractivity contribution in [2.75, 3.05) is 18.7 Å². The van der Waals surface area contributed by atoms with E-state index in [1.165, 1.54) is 6.20 Å². The van der Waals surface area contributed by atoms with Crippen molar-refractivity contribution < 1.29 is 19.1 Å². The highest BCUT2D eigenvalue weighted by Crippen LogP contribution is 2.34. The number of benzene rings is 1. The van der Waals surface area contributed by atoms with Crippen LogP contribution in [-0.4, -0.2) is 30.1 Å². The van der Waals surface area contributed by atoms with E-state index < -0.39 is 0 Å². The molecule has 0 bridgehead atoms. The fourth-order valence-electron chi connectivity index (χ4n) is 1.94. The first-order valence-corrected chi connectivity index (χ1v) is 6.60. The molecule has 112 valence electrons. The zero-order valence-electron chi connectivity index (χ0n) is 11.5. The van der Waals surface area contributed by atoms with Gasteiger partial charge in [0.1, 0.15) is 0 Å². The van der Waals surface area contributed by atoms with E-state index in [-0.39, 0.29) is 25.2 Å². The number of anilines is 1. The summed E-state index contributed by atoms with van der Waals surface area (Å²) in [6, 6.07) is 8.36. The SMILES string of the molecule is O=C(CNC(=O)c1cccnc1)Nc1ccc2c(c1)OCO2. The number of aromatic nitrogens is 1. The van der Waals surface area contributed by atoms with Crippen molar-refractivity contribution in [1.82, 2.24) is 10.3 Å². The zero-order chi connectivity index (χ0) is 15.4. The number of hydrogen-bond donors (Lipinski definition) is 2. The van der Waals surface area contributed by atoms with Crippen molar-refractivity contribution >= 4 is 17.5 Å². The average Bonchev–Trinajstić information content (AvgIpc) is 3.01. The maximum absolute atomic E-state index is 11.8. The molecule has 3 rings (SSSR count). The predicted molar refractivity (Wildman–Crippen MR) is 77.8 cm³/mol. The summed E-state index contributed by atoms with van der Waals surface area (Å²) in [7, 11) is 0. The Morgan fingerprint density at radius 1 is 1.18 bits per heavy atom. The Labute approximate surface area is 126 Å². The zero-order valence-corrected chi connectivity index (χ0v) is 11.5. The second-order valence-corrected chi connectivity index (χ2v) is 4.54. The fourth-order valence-corrected chi connectivity index (χ4v) is 1.94. The van der Waals surface area contributed by atoms with Gasteiger partial charge in [-0.2, -0.15) is 0 Å². The van der Waals surface area contributed by atoms with Gasteiger partial charge in [0, 0.05) is 24.1 Å². The minimum Gasteiger partial charge on any atom is -0.454 e. The highest BCUT2D eigenvalue weighted by Gasteiger charge is 2.14. The maximum atomic E-state index is 11.8. The average molecular weight is 299 g/mol. The maximum Gasteiger partial charge on any atom is 0.253 e. The van der Waals surface area contributed by atoms with E-state index in [0.29, 0.717) is 22.7 Å². The topological polar surface area (TPSA) is 89.6 Å².